The van der Waals surface area contributed by atoms with Gasteiger partial charge in [-0.2, -0.15) is 0 Å². The predicted octanol–water partition coefficient (Wildman–Crippen LogP) is 5.50. The number of benzene rings is 2. The average Bonchev–Trinajstić information content (AvgIpc) is 2.66. The number of halogens is 2. The molecule has 1 saturated heterocycles. The molecule has 0 amide bonds. The summed E-state index contributed by atoms with van der Waals surface area (Å²) in [7, 11) is 0. The highest BCUT2D eigenvalue weighted by Crippen LogP contribution is 2.15. The van der Waals surface area contributed by atoms with Gasteiger partial charge >= 0.3 is 0 Å². The minimum Gasteiger partial charge on any atom is -0.378 e. The lowest BCUT2D eigenvalue weighted by molar-refractivity contribution is -0.116. The van der Waals surface area contributed by atoms with Gasteiger partial charge in [0.25, 0.3) is 0 Å². The van der Waals surface area contributed by atoms with Crippen LogP contribution in [0.15, 0.2) is 54.2 Å². The highest BCUT2D eigenvalue weighted by molar-refractivity contribution is 6.30. The van der Waals surface area contributed by atoms with E-state index in [0.29, 0.717) is 11.4 Å². The van der Waals surface area contributed by atoms with Crippen LogP contribution < -0.4 is 0 Å². The fourth-order valence-corrected chi connectivity index (χ4v) is 2.95. The van der Waals surface area contributed by atoms with Crippen molar-refractivity contribution in [3.8, 4) is 0 Å². The molecule has 1 heterocycles. The van der Waals surface area contributed by atoms with Crippen LogP contribution in [0.5, 0.6) is 0 Å². The molecule has 0 saturated carbocycles. The van der Waals surface area contributed by atoms with E-state index < -0.39 is 0 Å². The van der Waals surface area contributed by atoms with E-state index in [-0.39, 0.29) is 5.78 Å². The maximum atomic E-state index is 10.7. The molecule has 0 aromatic heterocycles. The van der Waals surface area contributed by atoms with Crippen molar-refractivity contribution in [2.75, 3.05) is 26.3 Å². The molecule has 1 aliphatic heterocycles. The Morgan fingerprint density at radius 1 is 0.963 bits per heavy atom. The number of hydrogen-bond donors (Lipinski definition) is 0. The van der Waals surface area contributed by atoms with Gasteiger partial charge in [0.05, 0.1) is 13.2 Å². The summed E-state index contributed by atoms with van der Waals surface area (Å²) in [5, 5.41) is 1.48. The number of morpholine rings is 1. The molecule has 144 valence electrons. The van der Waals surface area contributed by atoms with Gasteiger partial charge in [0.2, 0.25) is 0 Å². The molecule has 0 atom stereocenters. The van der Waals surface area contributed by atoms with E-state index in [4.69, 9.17) is 27.9 Å². The van der Waals surface area contributed by atoms with Gasteiger partial charge in [-0.25, -0.2) is 0 Å². The van der Waals surface area contributed by atoms with Gasteiger partial charge in [0.1, 0.15) is 5.78 Å². The molecule has 0 bridgehead atoms. The van der Waals surface area contributed by atoms with Gasteiger partial charge in [-0.05, 0) is 55.3 Å². The molecule has 3 rings (SSSR count). The number of ketones is 1. The lowest BCUT2D eigenvalue weighted by Crippen LogP contribution is -2.34. The Labute approximate surface area is 171 Å². The number of Topliss-reactive ketones (excluding diaryl/α,β-unsaturated/α-hetero) is 1. The second-order valence-electron chi connectivity index (χ2n) is 6.44. The molecule has 0 radical (unpaired) electrons. The Kier molecular flexibility index (Phi) is 8.86. The van der Waals surface area contributed by atoms with Gasteiger partial charge < -0.3 is 9.64 Å². The zero-order chi connectivity index (χ0) is 19.6. The van der Waals surface area contributed by atoms with Crippen LogP contribution in [0.3, 0.4) is 0 Å². The highest BCUT2D eigenvalue weighted by atomic mass is 35.5. The molecule has 2 aromatic rings. The van der Waals surface area contributed by atoms with Crippen molar-refractivity contribution in [1.29, 1.82) is 0 Å². The number of allylic oxidation sites excluding steroid dienone is 1. The van der Waals surface area contributed by atoms with Crippen molar-refractivity contribution >= 4 is 35.1 Å². The second kappa shape index (κ2) is 11.1. The average molecular weight is 406 g/mol. The minimum absolute atomic E-state index is 0.173. The first-order valence-corrected chi connectivity index (χ1v) is 9.70. The first kappa shape index (κ1) is 21.5. The van der Waals surface area contributed by atoms with E-state index in [0.717, 1.165) is 36.9 Å². The molecule has 3 nitrogen and oxygen atoms in total. The lowest BCUT2D eigenvalue weighted by Gasteiger charge is -2.29. The molecule has 0 spiro atoms. The van der Waals surface area contributed by atoms with E-state index >= 15 is 0 Å². The zero-order valence-corrected chi connectivity index (χ0v) is 17.3. The van der Waals surface area contributed by atoms with Gasteiger partial charge in [0.15, 0.2) is 0 Å². The third-order valence-corrected chi connectivity index (χ3v) is 4.63. The largest absolute Gasteiger partial charge is 0.378 e. The Morgan fingerprint density at radius 2 is 1.48 bits per heavy atom. The van der Waals surface area contributed by atoms with Crippen LogP contribution in [-0.2, 0) is 16.0 Å². The number of carbonyl (C=O) groups excluding carboxylic acids is 1. The molecule has 5 heteroatoms. The van der Waals surface area contributed by atoms with Crippen LogP contribution in [0.25, 0.3) is 6.08 Å². The lowest BCUT2D eigenvalue weighted by atomic mass is 10.1. The van der Waals surface area contributed by atoms with Crippen molar-refractivity contribution in [1.82, 2.24) is 4.90 Å². The van der Waals surface area contributed by atoms with Crippen molar-refractivity contribution < 1.29 is 9.53 Å². The number of hydrogen-bond acceptors (Lipinski definition) is 3. The number of nitrogens with zero attached hydrogens (tertiary/aromatic N) is 1. The zero-order valence-electron chi connectivity index (χ0n) is 15.8. The van der Waals surface area contributed by atoms with Crippen LogP contribution >= 0.6 is 23.2 Å². The Bertz CT molecular complexity index is 749. The maximum Gasteiger partial charge on any atom is 0.134 e. The van der Waals surface area contributed by atoms with Gasteiger partial charge in [-0.15, -0.1) is 0 Å². The quantitative estimate of drug-likeness (QED) is 0.671. The summed E-state index contributed by atoms with van der Waals surface area (Å²) >= 11 is 11.5. The molecule has 1 aliphatic rings. The third-order valence-electron chi connectivity index (χ3n) is 4.12. The summed E-state index contributed by atoms with van der Waals surface area (Å²) in [4.78, 5) is 13.0. The summed E-state index contributed by atoms with van der Waals surface area (Å²) in [6.07, 6.45) is 2.68. The maximum absolute atomic E-state index is 10.7. The molecule has 27 heavy (non-hydrogen) atoms. The van der Waals surface area contributed by atoms with Crippen LogP contribution in [-0.4, -0.2) is 37.0 Å². The minimum atomic E-state index is 0.173. The Hall–Kier alpha value is -1.81. The monoisotopic (exact) mass is 405 g/mol. The molecular weight excluding hydrogens is 381 g/mol. The second-order valence-corrected chi connectivity index (χ2v) is 7.31. The van der Waals surface area contributed by atoms with Crippen LogP contribution in [0.4, 0.5) is 0 Å². The molecule has 2 aromatic carbocycles. The third kappa shape index (κ3) is 8.17. The van der Waals surface area contributed by atoms with E-state index in [2.05, 4.69) is 17.9 Å². The SMILES string of the molecule is CC(=Cc1ccc(Cl)cc1)N1CCOCC1.CC(=O)Cc1ccc(Cl)cc1. The van der Waals surface area contributed by atoms with Crippen molar-refractivity contribution in [2.45, 2.75) is 20.3 Å². The first-order valence-electron chi connectivity index (χ1n) is 8.94. The summed E-state index contributed by atoms with van der Waals surface area (Å²) in [6.45, 7) is 7.33. The first-order chi connectivity index (χ1) is 12.9. The topological polar surface area (TPSA) is 29.5 Å². The smallest absolute Gasteiger partial charge is 0.134 e. The summed E-state index contributed by atoms with van der Waals surface area (Å²) in [6, 6.07) is 15.2. The Morgan fingerprint density at radius 3 is 2.00 bits per heavy atom. The number of carbonyl (C=O) groups is 1. The van der Waals surface area contributed by atoms with Crippen LogP contribution in [0.2, 0.25) is 10.0 Å². The predicted molar refractivity (Wildman–Crippen MR) is 113 cm³/mol. The van der Waals surface area contributed by atoms with E-state index in [1.54, 1.807) is 19.1 Å². The van der Waals surface area contributed by atoms with E-state index in [1.807, 2.05) is 36.4 Å². The van der Waals surface area contributed by atoms with Gasteiger partial charge in [-0.3, -0.25) is 4.79 Å². The fourth-order valence-electron chi connectivity index (χ4n) is 2.70. The summed E-state index contributed by atoms with van der Waals surface area (Å²) < 4.78 is 5.33. The van der Waals surface area contributed by atoms with Crippen molar-refractivity contribution in [3.05, 3.63) is 75.4 Å². The van der Waals surface area contributed by atoms with Crippen LogP contribution in [0.1, 0.15) is 25.0 Å². The van der Waals surface area contributed by atoms with Crippen LogP contribution in [0, 0.1) is 0 Å². The molecule has 1 fully saturated rings. The molecule has 0 aliphatic carbocycles. The standard InChI is InChI=1S/C13H16ClNO.C9H9ClO/c1-11(15-6-8-16-9-7-15)10-12-2-4-13(14)5-3-12;1-7(11)6-8-2-4-9(10)5-3-8/h2-5,10H,6-9H2,1H3;2-5H,6H2,1H3. The van der Waals surface area contributed by atoms with Crippen molar-refractivity contribution in [3.63, 3.8) is 0 Å². The summed E-state index contributed by atoms with van der Waals surface area (Å²) in [5.74, 6) is 0.173. The molecular formula is C22H25Cl2NO2. The van der Waals surface area contributed by atoms with E-state index in [1.165, 1.54) is 11.3 Å². The van der Waals surface area contributed by atoms with Gasteiger partial charge in [0, 0.05) is 35.3 Å². The van der Waals surface area contributed by atoms with Gasteiger partial charge in [-0.1, -0.05) is 47.5 Å². The number of ether oxygens (including phenoxy) is 1. The Balaban J connectivity index is 0.000000208. The normalized spacial score (nSPS) is 14.4. The highest BCUT2D eigenvalue weighted by Gasteiger charge is 2.09. The fraction of sp³-hybridized carbons (Fsp3) is 0.318. The van der Waals surface area contributed by atoms with E-state index in [9.17, 15) is 4.79 Å². The molecule has 0 unspecified atom stereocenters. The number of rotatable bonds is 4. The summed E-state index contributed by atoms with van der Waals surface area (Å²) in [5.41, 5.74) is 3.49. The van der Waals surface area contributed by atoms with Crippen molar-refractivity contribution in [2.24, 2.45) is 0 Å². The molecule has 0 N–H and O–H groups in total.